The van der Waals surface area contributed by atoms with Crippen LogP contribution in [-0.4, -0.2) is 106 Å². The fourth-order valence-electron chi connectivity index (χ4n) is 8.55. The normalized spacial score (nSPS) is 17.5. The molecule has 0 spiro atoms. The second-order valence-electron chi connectivity index (χ2n) is 26.2. The number of ketones is 8. The summed E-state index contributed by atoms with van der Waals surface area (Å²) in [7, 11) is 1.64. The molecule has 92 heavy (non-hydrogen) atoms. The van der Waals surface area contributed by atoms with Gasteiger partial charge < -0.3 is 19.5 Å². The average Bonchev–Trinajstić information content (AvgIpc) is 1.68. The number of nitrogens with zero attached hydrogens (tertiary/aromatic N) is 3. The highest BCUT2D eigenvalue weighted by atomic mass is 32.1. The second-order valence-corrected chi connectivity index (χ2v) is 28.7. The fourth-order valence-corrected chi connectivity index (χ4v) is 10.0. The first kappa shape index (κ1) is 83.8. The molecule has 17 nitrogen and oxygen atoms in total. The number of benzene rings is 1. The van der Waals surface area contributed by atoms with Crippen LogP contribution in [0.4, 0.5) is 18.0 Å². The number of amides is 1. The Morgan fingerprint density at radius 1 is 0.663 bits per heavy atom. The van der Waals surface area contributed by atoms with Crippen LogP contribution in [0.3, 0.4) is 0 Å². The zero-order chi connectivity index (χ0) is 70.8. The maximum atomic E-state index is 12.2. The smallest absolute Gasteiger partial charge is 0.407 e. The standard InChI is InChI=1S/C11H19NO3.C9H12.C7H9F3O.C7H9NOS.C7H12O2.C6H7NOS.C6H7NO.C6H10O2.C6H10O.C5H8O/c1-8(13)11(5-6-11)7-12-9(14)15-10(2,3)4;1-3-9-6-4-8(2)5-7-9;1-5(11)6(3-2-4-6)7(8,9)10;1-4-7(5(2)9)10-6(3)8-4;1-6(8)7(3-4-7)5-9-2;1-4-3-7-6(9-4)5(2)8;1-5(8)6(4-7)2-3-6;1-5(7)8-6(2)3-4-6;1-5(7)6-3-2-4-6;1-4(6)5-2-3-5/h5-7H2,1-4H3,(H,12,14);4-7H,3H2,1-2H3;2-4H2,1H3;1-3H3;3-5H2,1-2H3;3H,1-2H3;2-3H2,1H3;3-4H2,1-2H3;6H,2-4H2,1H3;5H,2-3H2,1H3. The Kier molecular flexibility index (Phi) is 34.3. The molecule has 0 aliphatic heterocycles. The molecule has 10 rings (SSSR count). The summed E-state index contributed by atoms with van der Waals surface area (Å²) in [5.74, 6) is 1.38. The number of rotatable bonds is 14. The summed E-state index contributed by atoms with van der Waals surface area (Å²) in [6.07, 6.45) is 11.8. The van der Waals surface area contributed by atoms with Crippen molar-refractivity contribution < 1.29 is 75.3 Å². The third-order valence-electron chi connectivity index (χ3n) is 16.5. The number of nitrogens with one attached hydrogen (secondary N) is 1. The van der Waals surface area contributed by atoms with E-state index in [1.54, 1.807) is 47.9 Å². The Balaban J connectivity index is 0.000000515. The van der Waals surface area contributed by atoms with Crippen molar-refractivity contribution in [3.8, 4) is 6.07 Å². The number of alkyl carbamates (subject to hydrolysis) is 1. The number of nitriles is 1. The van der Waals surface area contributed by atoms with Crippen molar-refractivity contribution >= 4 is 81.0 Å². The van der Waals surface area contributed by atoms with Gasteiger partial charge in [-0.15, -0.1) is 22.7 Å². The molecule has 7 fully saturated rings. The van der Waals surface area contributed by atoms with E-state index in [9.17, 15) is 61.1 Å². The van der Waals surface area contributed by atoms with Crippen molar-refractivity contribution in [3.05, 3.63) is 67.1 Å². The molecule has 514 valence electrons. The predicted molar refractivity (Wildman–Crippen MR) is 352 cm³/mol. The van der Waals surface area contributed by atoms with E-state index >= 15 is 0 Å². The third kappa shape index (κ3) is 31.2. The molecule has 0 saturated heterocycles. The van der Waals surface area contributed by atoms with Gasteiger partial charge in [-0.3, -0.25) is 43.2 Å². The van der Waals surface area contributed by atoms with Gasteiger partial charge in [-0.05, 0) is 199 Å². The van der Waals surface area contributed by atoms with E-state index in [1.165, 1.54) is 61.0 Å². The monoisotopic (exact) mass is 1330 g/mol. The molecule has 7 aliphatic rings. The molecule has 0 radical (unpaired) electrons. The van der Waals surface area contributed by atoms with Crippen LogP contribution >= 0.6 is 22.7 Å². The number of thiazole rings is 2. The minimum Gasteiger partial charge on any atom is -0.460 e. The van der Waals surface area contributed by atoms with Gasteiger partial charge in [-0.1, -0.05) is 49.6 Å². The van der Waals surface area contributed by atoms with Crippen molar-refractivity contribution in [2.75, 3.05) is 20.3 Å². The summed E-state index contributed by atoms with van der Waals surface area (Å²) in [4.78, 5) is 117. The lowest BCUT2D eigenvalue weighted by atomic mass is 9.66. The van der Waals surface area contributed by atoms with Crippen molar-refractivity contribution in [3.63, 3.8) is 0 Å². The minimum atomic E-state index is -4.34. The van der Waals surface area contributed by atoms with Crippen LogP contribution in [0.5, 0.6) is 0 Å². The van der Waals surface area contributed by atoms with Crippen LogP contribution in [0.15, 0.2) is 30.5 Å². The molecular weight excluding hydrogens is 1230 g/mol. The van der Waals surface area contributed by atoms with E-state index in [-0.39, 0.29) is 64.2 Å². The first-order valence-electron chi connectivity index (χ1n) is 31.6. The number of halogens is 3. The van der Waals surface area contributed by atoms with E-state index in [0.717, 1.165) is 111 Å². The van der Waals surface area contributed by atoms with E-state index < -0.39 is 34.5 Å². The van der Waals surface area contributed by atoms with Crippen molar-refractivity contribution in [2.24, 2.45) is 33.5 Å². The van der Waals surface area contributed by atoms with Crippen LogP contribution in [0.2, 0.25) is 0 Å². The lowest BCUT2D eigenvalue weighted by Gasteiger charge is -2.40. The Hall–Kier alpha value is -6.18. The lowest BCUT2D eigenvalue weighted by Crippen LogP contribution is -2.49. The summed E-state index contributed by atoms with van der Waals surface area (Å²) in [6.45, 7) is 32.0. The Morgan fingerprint density at radius 3 is 1.33 bits per heavy atom. The topological polar surface area (TPSA) is 260 Å². The molecule has 0 unspecified atom stereocenters. The molecule has 22 heteroatoms. The molecule has 7 aliphatic carbocycles. The molecule has 0 atom stereocenters. The van der Waals surface area contributed by atoms with E-state index in [1.807, 2.05) is 54.5 Å². The second kappa shape index (κ2) is 37.6. The highest BCUT2D eigenvalue weighted by Crippen LogP contribution is 2.53. The quantitative estimate of drug-likeness (QED) is 0.116. The molecule has 2 heterocycles. The summed E-state index contributed by atoms with van der Waals surface area (Å²) in [6, 6.07) is 10.7. The Bertz CT molecular complexity index is 3000. The van der Waals surface area contributed by atoms with E-state index in [4.69, 9.17) is 19.5 Å². The van der Waals surface area contributed by atoms with Gasteiger partial charge in [0.2, 0.25) is 0 Å². The third-order valence-corrected chi connectivity index (χ3v) is 18.7. The maximum Gasteiger partial charge on any atom is 0.407 e. The van der Waals surface area contributed by atoms with Gasteiger partial charge in [-0.25, -0.2) is 14.8 Å². The van der Waals surface area contributed by atoms with Crippen LogP contribution in [0.25, 0.3) is 0 Å². The number of aromatic nitrogens is 2. The SMILES string of the molecule is CC(=O)C1(C#N)CC1.CC(=O)C1(C(F)(F)F)CCC1.CC(=O)C1(CNC(=O)OC(C)(C)C)CC1.CC(=O)C1CC1.CC(=O)C1CCC1.CC(=O)OC1(C)CC1.CC(=O)c1ncc(C)s1.CC(=O)c1sc(C)nc1C.CCc1ccc(C)cc1.COCC1(C(C)=O)CC1. The van der Waals surface area contributed by atoms with Crippen molar-refractivity contribution in [2.45, 2.75) is 251 Å². The van der Waals surface area contributed by atoms with Crippen LogP contribution in [0, 0.1) is 72.5 Å². The number of methoxy groups -OCH3 is 1. The number of alkyl halides is 3. The van der Waals surface area contributed by atoms with Crippen LogP contribution in [0.1, 0.15) is 246 Å². The predicted octanol–water partition coefficient (Wildman–Crippen LogP) is 15.7. The zero-order valence-corrected chi connectivity index (χ0v) is 59.7. The molecular formula is C70H103F3N4O13S2. The molecule has 0 bridgehead atoms. The highest BCUT2D eigenvalue weighted by Gasteiger charge is 2.61. The maximum absolute atomic E-state index is 12.2. The molecule has 2 aromatic heterocycles. The number of esters is 1. The summed E-state index contributed by atoms with van der Waals surface area (Å²) >= 11 is 2.90. The number of aryl methyl sites for hydroxylation is 5. The molecule has 1 N–H and O–H groups in total. The number of Topliss-reactive ketones (excluding diaryl/α,β-unsaturated/α-hetero) is 8. The van der Waals surface area contributed by atoms with Gasteiger partial charge in [0.15, 0.2) is 16.6 Å². The lowest BCUT2D eigenvalue weighted by molar-refractivity contribution is -0.241. The van der Waals surface area contributed by atoms with Crippen molar-refractivity contribution in [1.29, 1.82) is 5.26 Å². The van der Waals surface area contributed by atoms with Gasteiger partial charge in [-0.2, -0.15) is 18.4 Å². The fraction of sp³-hybridized carbons (Fsp3) is 0.671. The number of hydrogen-bond acceptors (Lipinski definition) is 18. The Morgan fingerprint density at radius 2 is 1.16 bits per heavy atom. The summed E-state index contributed by atoms with van der Waals surface area (Å²) < 4.78 is 51.5. The number of carbonyl (C=O) groups is 10. The van der Waals surface area contributed by atoms with Crippen LogP contribution in [-0.2, 0) is 54.2 Å². The van der Waals surface area contributed by atoms with Gasteiger partial charge in [0.1, 0.15) is 56.7 Å². The minimum absolute atomic E-state index is 0.0220. The van der Waals surface area contributed by atoms with Crippen LogP contribution < -0.4 is 5.32 Å². The van der Waals surface area contributed by atoms with Crippen molar-refractivity contribution in [1.82, 2.24) is 15.3 Å². The van der Waals surface area contributed by atoms with Gasteiger partial charge >= 0.3 is 18.2 Å². The first-order valence-corrected chi connectivity index (χ1v) is 33.2. The first-order chi connectivity index (χ1) is 42.4. The molecule has 3 aromatic rings. The Labute approximate surface area is 552 Å². The summed E-state index contributed by atoms with van der Waals surface area (Å²) in [5, 5.41) is 12.6. The van der Waals surface area contributed by atoms with E-state index in [0.29, 0.717) is 48.0 Å². The largest absolute Gasteiger partial charge is 0.460 e. The summed E-state index contributed by atoms with van der Waals surface area (Å²) in [5.41, 5.74) is 0.171. The van der Waals surface area contributed by atoms with Gasteiger partial charge in [0.05, 0.1) is 33.7 Å². The zero-order valence-electron chi connectivity index (χ0n) is 58.1. The van der Waals surface area contributed by atoms with Gasteiger partial charge in [0.25, 0.3) is 0 Å². The van der Waals surface area contributed by atoms with E-state index in [2.05, 4.69) is 53.4 Å². The number of carbonyl (C=O) groups excluding carboxylic acids is 10. The molecule has 7 saturated carbocycles. The average molecular weight is 1330 g/mol. The van der Waals surface area contributed by atoms with Gasteiger partial charge in [0, 0.05) is 62.8 Å². The molecule has 1 amide bonds. The highest BCUT2D eigenvalue weighted by molar-refractivity contribution is 7.14. The number of ether oxygens (including phenoxy) is 3. The molecule has 1 aromatic carbocycles. The number of hydrogen-bond donors (Lipinski definition) is 1.